The Morgan fingerprint density at radius 1 is 0.941 bits per heavy atom. The van der Waals surface area contributed by atoms with Crippen LogP contribution >= 0.6 is 12.2 Å². The van der Waals surface area contributed by atoms with E-state index in [-0.39, 0.29) is 29.8 Å². The van der Waals surface area contributed by atoms with E-state index in [1.807, 2.05) is 13.8 Å². The molecule has 12 heteroatoms. The fourth-order valence-electron chi connectivity index (χ4n) is 2.84. The minimum Gasteiger partial charge on any atom is -0.379 e. The fourth-order valence-corrected chi connectivity index (χ4v) is 3.07. The number of primary amides is 1. The fraction of sp³-hybridized carbons (Fsp3) is 0.773. The quantitative estimate of drug-likeness (QED) is 0.124. The van der Waals surface area contributed by atoms with Crippen LogP contribution in [0.4, 0.5) is 4.79 Å². The molecule has 6 N–H and O–H groups in total. The number of amides is 3. The van der Waals surface area contributed by atoms with Gasteiger partial charge in [-0.15, -0.1) is 0 Å². The zero-order chi connectivity index (χ0) is 25.9. The standard InChI is InChI=1S/C22H41N5O6S/c1-5-18(29)17(7-6-9-24-21(23)31)26-20(30)19(15(2)3)27-22(34)25-10-12-33-14-13-32-11-8-16(4)28/h15,17,19H,5-14H2,1-4H3,(H,26,30)(H3,23,24,31)(H2,25,27,34)/t17-,19-/m0/s1. The first-order valence-electron chi connectivity index (χ1n) is 11.6. The van der Waals surface area contributed by atoms with Crippen LogP contribution in [0.2, 0.25) is 0 Å². The van der Waals surface area contributed by atoms with Gasteiger partial charge in [0.2, 0.25) is 5.91 Å². The van der Waals surface area contributed by atoms with Crippen molar-refractivity contribution in [3.8, 4) is 0 Å². The number of Topliss-reactive ketones (excluding diaryl/α,β-unsaturated/α-hetero) is 2. The Kier molecular flexibility index (Phi) is 17.8. The second-order valence-electron chi connectivity index (χ2n) is 8.11. The molecule has 0 aliphatic rings. The molecule has 0 saturated carbocycles. The maximum atomic E-state index is 12.9. The Balaban J connectivity index is 4.43. The second kappa shape index (κ2) is 19.0. The lowest BCUT2D eigenvalue weighted by molar-refractivity contribution is -0.129. The van der Waals surface area contributed by atoms with E-state index >= 15 is 0 Å². The maximum Gasteiger partial charge on any atom is 0.312 e. The van der Waals surface area contributed by atoms with E-state index in [1.165, 1.54) is 6.92 Å². The van der Waals surface area contributed by atoms with Crippen LogP contribution in [0.3, 0.4) is 0 Å². The number of hydrogen-bond acceptors (Lipinski definition) is 7. The van der Waals surface area contributed by atoms with Crippen molar-refractivity contribution in [1.82, 2.24) is 21.3 Å². The van der Waals surface area contributed by atoms with E-state index in [4.69, 9.17) is 27.4 Å². The van der Waals surface area contributed by atoms with Crippen LogP contribution in [0, 0.1) is 5.92 Å². The lowest BCUT2D eigenvalue weighted by atomic mass is 10.0. The van der Waals surface area contributed by atoms with Crippen LogP contribution in [0.5, 0.6) is 0 Å². The molecule has 0 aromatic heterocycles. The number of nitrogens with two attached hydrogens (primary N) is 1. The second-order valence-corrected chi connectivity index (χ2v) is 8.52. The Hall–Kier alpha value is -2.31. The molecule has 196 valence electrons. The van der Waals surface area contributed by atoms with Gasteiger partial charge in [0.25, 0.3) is 0 Å². The molecule has 0 fully saturated rings. The van der Waals surface area contributed by atoms with Gasteiger partial charge in [0.05, 0.1) is 32.5 Å². The van der Waals surface area contributed by atoms with Crippen molar-refractivity contribution in [2.75, 3.05) is 39.5 Å². The van der Waals surface area contributed by atoms with Crippen molar-refractivity contribution in [2.24, 2.45) is 11.7 Å². The molecule has 0 radical (unpaired) electrons. The molecular formula is C22H41N5O6S. The third-order valence-electron chi connectivity index (χ3n) is 4.76. The maximum absolute atomic E-state index is 12.9. The molecule has 0 saturated heterocycles. The molecule has 0 aliphatic heterocycles. The van der Waals surface area contributed by atoms with Crippen molar-refractivity contribution in [3.63, 3.8) is 0 Å². The minimum atomic E-state index is -0.650. The zero-order valence-corrected chi connectivity index (χ0v) is 21.6. The van der Waals surface area contributed by atoms with Crippen LogP contribution in [-0.4, -0.2) is 80.2 Å². The summed E-state index contributed by atoms with van der Waals surface area (Å²) in [7, 11) is 0. The van der Waals surface area contributed by atoms with Gasteiger partial charge in [0.15, 0.2) is 10.9 Å². The molecule has 0 aliphatic carbocycles. The smallest absolute Gasteiger partial charge is 0.312 e. The molecule has 2 atom stereocenters. The van der Waals surface area contributed by atoms with Gasteiger partial charge in [-0.25, -0.2) is 4.79 Å². The summed E-state index contributed by atoms with van der Waals surface area (Å²) in [6.07, 6.45) is 1.57. The molecule has 34 heavy (non-hydrogen) atoms. The number of rotatable bonds is 19. The van der Waals surface area contributed by atoms with Gasteiger partial charge in [-0.1, -0.05) is 20.8 Å². The average Bonchev–Trinajstić information content (AvgIpc) is 2.76. The predicted molar refractivity (Wildman–Crippen MR) is 133 cm³/mol. The number of thiocarbonyl (C=S) groups is 1. The van der Waals surface area contributed by atoms with Gasteiger partial charge < -0.3 is 36.5 Å². The summed E-state index contributed by atoms with van der Waals surface area (Å²) in [4.78, 5) is 46.8. The first kappa shape index (κ1) is 31.7. The molecule has 3 amide bonds. The van der Waals surface area contributed by atoms with Crippen LogP contribution in [0.25, 0.3) is 0 Å². The summed E-state index contributed by atoms with van der Waals surface area (Å²) in [5.74, 6) is -0.410. The molecule has 0 spiro atoms. The van der Waals surface area contributed by atoms with Gasteiger partial charge in [-0.2, -0.15) is 0 Å². The molecule has 11 nitrogen and oxygen atoms in total. The highest BCUT2D eigenvalue weighted by Crippen LogP contribution is 2.06. The van der Waals surface area contributed by atoms with Crippen LogP contribution in [0.1, 0.15) is 53.4 Å². The third-order valence-corrected chi connectivity index (χ3v) is 5.02. The molecular weight excluding hydrogens is 462 g/mol. The number of hydrogen-bond donors (Lipinski definition) is 5. The summed E-state index contributed by atoms with van der Waals surface area (Å²) < 4.78 is 10.7. The summed E-state index contributed by atoms with van der Waals surface area (Å²) in [5.41, 5.74) is 5.04. The van der Waals surface area contributed by atoms with Gasteiger partial charge in [-0.3, -0.25) is 14.4 Å². The van der Waals surface area contributed by atoms with E-state index in [9.17, 15) is 19.2 Å². The van der Waals surface area contributed by atoms with Gasteiger partial charge in [-0.05, 0) is 37.9 Å². The van der Waals surface area contributed by atoms with E-state index in [0.29, 0.717) is 63.9 Å². The highest BCUT2D eigenvalue weighted by atomic mass is 32.1. The first-order chi connectivity index (χ1) is 16.1. The summed E-state index contributed by atoms with van der Waals surface area (Å²) in [6, 6.07) is -1.91. The Morgan fingerprint density at radius 2 is 1.59 bits per heavy atom. The topological polar surface area (TPSA) is 161 Å². The van der Waals surface area contributed by atoms with E-state index in [1.54, 1.807) is 6.92 Å². The van der Waals surface area contributed by atoms with Crippen molar-refractivity contribution in [3.05, 3.63) is 0 Å². The van der Waals surface area contributed by atoms with Crippen LogP contribution in [-0.2, 0) is 23.9 Å². The van der Waals surface area contributed by atoms with Crippen molar-refractivity contribution in [2.45, 2.75) is 65.5 Å². The van der Waals surface area contributed by atoms with E-state index in [0.717, 1.165) is 0 Å². The van der Waals surface area contributed by atoms with Crippen LogP contribution < -0.4 is 27.0 Å². The highest BCUT2D eigenvalue weighted by molar-refractivity contribution is 7.80. The van der Waals surface area contributed by atoms with E-state index in [2.05, 4.69) is 21.3 Å². The molecule has 0 bridgehead atoms. The number of carbonyl (C=O) groups excluding carboxylic acids is 4. The largest absolute Gasteiger partial charge is 0.379 e. The molecule has 0 heterocycles. The molecule has 0 unspecified atom stereocenters. The highest BCUT2D eigenvalue weighted by Gasteiger charge is 2.27. The Labute approximate surface area is 207 Å². The number of nitrogens with one attached hydrogen (secondary N) is 4. The Morgan fingerprint density at radius 3 is 2.15 bits per heavy atom. The predicted octanol–water partition coefficient (Wildman–Crippen LogP) is 0.400. The Bertz CT molecular complexity index is 662. The molecule has 0 aromatic rings. The SMILES string of the molecule is CCC(=O)[C@H](CCCNC(N)=O)NC(=O)[C@@H](NC(=S)NCCOCCOCCC(C)=O)C(C)C. The van der Waals surface area contributed by atoms with Crippen molar-refractivity contribution < 1.29 is 28.7 Å². The van der Waals surface area contributed by atoms with Gasteiger partial charge >= 0.3 is 6.03 Å². The molecule has 0 rings (SSSR count). The van der Waals surface area contributed by atoms with E-state index < -0.39 is 18.1 Å². The summed E-state index contributed by atoms with van der Waals surface area (Å²) in [6.45, 7) is 9.36. The van der Waals surface area contributed by atoms with Crippen molar-refractivity contribution >= 4 is 40.8 Å². The average molecular weight is 504 g/mol. The number of urea groups is 1. The van der Waals surface area contributed by atoms with Crippen LogP contribution in [0.15, 0.2) is 0 Å². The molecule has 0 aromatic carbocycles. The monoisotopic (exact) mass is 503 g/mol. The van der Waals surface area contributed by atoms with Gasteiger partial charge in [0.1, 0.15) is 11.8 Å². The number of ketones is 2. The first-order valence-corrected chi connectivity index (χ1v) is 12.0. The summed E-state index contributed by atoms with van der Waals surface area (Å²) in [5, 5.41) is 11.6. The van der Waals surface area contributed by atoms with Gasteiger partial charge in [0, 0.05) is 25.9 Å². The zero-order valence-electron chi connectivity index (χ0n) is 20.7. The minimum absolute atomic E-state index is 0.0851. The lowest BCUT2D eigenvalue weighted by Gasteiger charge is -2.26. The third kappa shape index (κ3) is 16.3. The summed E-state index contributed by atoms with van der Waals surface area (Å²) >= 11 is 5.29. The normalized spacial score (nSPS) is 12.5. The number of ether oxygens (including phenoxy) is 2. The number of carbonyl (C=O) groups is 4. The lowest BCUT2D eigenvalue weighted by Crippen LogP contribution is -2.55. The van der Waals surface area contributed by atoms with Crippen molar-refractivity contribution in [1.29, 1.82) is 0 Å².